The minimum atomic E-state index is -0.0569. The molecule has 2 heteroatoms. The molecule has 0 fully saturated rings. The summed E-state index contributed by atoms with van der Waals surface area (Å²) in [5.41, 5.74) is 0.0257. The van der Waals surface area contributed by atoms with Crippen molar-refractivity contribution in [2.24, 2.45) is 5.41 Å². The van der Waals surface area contributed by atoms with E-state index in [4.69, 9.17) is 4.74 Å². The summed E-state index contributed by atoms with van der Waals surface area (Å²) in [4.78, 5) is 11.6. The molecule has 1 unspecified atom stereocenters. The zero-order chi connectivity index (χ0) is 13.3. The topological polar surface area (TPSA) is 26.3 Å². The van der Waals surface area contributed by atoms with Crippen LogP contribution in [0.3, 0.4) is 0 Å². The van der Waals surface area contributed by atoms with Crippen LogP contribution in [0.4, 0.5) is 0 Å². The van der Waals surface area contributed by atoms with E-state index in [-0.39, 0.29) is 17.5 Å². The molecule has 0 amide bonds. The van der Waals surface area contributed by atoms with E-state index < -0.39 is 0 Å². The third kappa shape index (κ3) is 11.7. The Balaban J connectivity index is 3.57. The maximum Gasteiger partial charge on any atom is 0.306 e. The van der Waals surface area contributed by atoms with Crippen LogP contribution in [0.1, 0.15) is 79.6 Å². The van der Waals surface area contributed by atoms with Crippen LogP contribution in [0, 0.1) is 5.41 Å². The molecular weight excluding hydrogens is 212 g/mol. The van der Waals surface area contributed by atoms with Crippen molar-refractivity contribution in [2.45, 2.75) is 85.7 Å². The molecule has 0 aliphatic rings. The van der Waals surface area contributed by atoms with Gasteiger partial charge in [0.2, 0.25) is 0 Å². The summed E-state index contributed by atoms with van der Waals surface area (Å²) in [7, 11) is 0. The highest BCUT2D eigenvalue weighted by atomic mass is 16.5. The van der Waals surface area contributed by atoms with Gasteiger partial charge in [0.25, 0.3) is 0 Å². The van der Waals surface area contributed by atoms with Gasteiger partial charge in [-0.2, -0.15) is 0 Å². The number of hydrogen-bond donors (Lipinski definition) is 0. The summed E-state index contributed by atoms with van der Waals surface area (Å²) in [6.07, 6.45) is 7.91. The minimum Gasteiger partial charge on any atom is -0.463 e. The van der Waals surface area contributed by atoms with Crippen molar-refractivity contribution in [3.8, 4) is 0 Å². The standard InChI is InChI=1S/C15H30O2/c1-6-7-8-9-10-11-13(2)17-14(16)12-15(3,4)5/h13H,6-12H2,1-5H3. The van der Waals surface area contributed by atoms with E-state index in [0.717, 1.165) is 6.42 Å². The van der Waals surface area contributed by atoms with Crippen LogP contribution in [0.5, 0.6) is 0 Å². The van der Waals surface area contributed by atoms with Crippen molar-refractivity contribution >= 4 is 5.97 Å². The molecule has 17 heavy (non-hydrogen) atoms. The van der Waals surface area contributed by atoms with E-state index in [0.29, 0.717) is 6.42 Å². The fourth-order valence-corrected chi connectivity index (χ4v) is 1.79. The van der Waals surface area contributed by atoms with E-state index in [1.807, 2.05) is 6.92 Å². The van der Waals surface area contributed by atoms with Gasteiger partial charge in [0.05, 0.1) is 12.5 Å². The monoisotopic (exact) mass is 242 g/mol. The molecule has 0 spiro atoms. The fourth-order valence-electron chi connectivity index (χ4n) is 1.79. The molecular formula is C15H30O2. The first-order chi connectivity index (χ1) is 7.85. The summed E-state index contributed by atoms with van der Waals surface area (Å²) >= 11 is 0. The quantitative estimate of drug-likeness (QED) is 0.455. The van der Waals surface area contributed by atoms with Crippen molar-refractivity contribution in [1.29, 1.82) is 0 Å². The molecule has 0 aromatic heterocycles. The van der Waals surface area contributed by atoms with Gasteiger partial charge in [0.1, 0.15) is 0 Å². The van der Waals surface area contributed by atoms with Crippen LogP contribution in [-0.2, 0) is 9.53 Å². The lowest BCUT2D eigenvalue weighted by molar-refractivity contribution is -0.150. The first kappa shape index (κ1) is 16.5. The second-order valence-electron chi connectivity index (χ2n) is 6.24. The lowest BCUT2D eigenvalue weighted by atomic mass is 9.92. The molecule has 102 valence electrons. The normalized spacial score (nSPS) is 13.5. The van der Waals surface area contributed by atoms with Crippen LogP contribution in [-0.4, -0.2) is 12.1 Å². The van der Waals surface area contributed by atoms with Gasteiger partial charge in [0, 0.05) is 0 Å². The Bertz CT molecular complexity index is 203. The van der Waals surface area contributed by atoms with E-state index in [1.165, 1.54) is 32.1 Å². The zero-order valence-electron chi connectivity index (χ0n) is 12.3. The molecule has 0 saturated heterocycles. The average Bonchev–Trinajstić information content (AvgIpc) is 2.14. The molecule has 1 atom stereocenters. The summed E-state index contributed by atoms with van der Waals surface area (Å²) in [6, 6.07) is 0. The van der Waals surface area contributed by atoms with Crippen molar-refractivity contribution in [1.82, 2.24) is 0 Å². The molecule has 0 heterocycles. The number of unbranched alkanes of at least 4 members (excludes halogenated alkanes) is 4. The van der Waals surface area contributed by atoms with E-state index in [1.54, 1.807) is 0 Å². The average molecular weight is 242 g/mol. The molecule has 0 aliphatic carbocycles. The van der Waals surface area contributed by atoms with Crippen LogP contribution >= 0.6 is 0 Å². The van der Waals surface area contributed by atoms with Gasteiger partial charge < -0.3 is 4.74 Å². The molecule has 0 saturated carbocycles. The lowest BCUT2D eigenvalue weighted by Crippen LogP contribution is -2.20. The summed E-state index contributed by atoms with van der Waals surface area (Å²) in [6.45, 7) is 10.4. The Morgan fingerprint density at radius 3 is 2.24 bits per heavy atom. The van der Waals surface area contributed by atoms with Gasteiger partial charge in [-0.1, -0.05) is 53.4 Å². The van der Waals surface area contributed by atoms with Gasteiger partial charge in [-0.05, 0) is 25.2 Å². The summed E-state index contributed by atoms with van der Waals surface area (Å²) < 4.78 is 5.39. The number of hydrogen-bond acceptors (Lipinski definition) is 2. The minimum absolute atomic E-state index is 0.0257. The molecule has 0 N–H and O–H groups in total. The number of esters is 1. The second-order valence-corrected chi connectivity index (χ2v) is 6.24. The van der Waals surface area contributed by atoms with Crippen LogP contribution in [0.25, 0.3) is 0 Å². The molecule has 0 aliphatic heterocycles. The Labute approximate surface area is 107 Å². The third-order valence-corrected chi connectivity index (χ3v) is 2.72. The van der Waals surface area contributed by atoms with E-state index in [2.05, 4.69) is 27.7 Å². The SMILES string of the molecule is CCCCCCCC(C)OC(=O)CC(C)(C)C. The smallest absolute Gasteiger partial charge is 0.306 e. The Kier molecular flexibility index (Phi) is 8.28. The van der Waals surface area contributed by atoms with Crippen molar-refractivity contribution < 1.29 is 9.53 Å². The van der Waals surface area contributed by atoms with Crippen LogP contribution in [0.15, 0.2) is 0 Å². The molecule has 0 aromatic rings. The lowest BCUT2D eigenvalue weighted by Gasteiger charge is -2.19. The number of carbonyl (C=O) groups excluding carboxylic acids is 1. The highest BCUT2D eigenvalue weighted by Crippen LogP contribution is 2.20. The first-order valence-electron chi connectivity index (χ1n) is 7.04. The Hall–Kier alpha value is -0.530. The van der Waals surface area contributed by atoms with Crippen LogP contribution < -0.4 is 0 Å². The fraction of sp³-hybridized carbons (Fsp3) is 0.933. The molecule has 0 radical (unpaired) electrons. The van der Waals surface area contributed by atoms with Crippen molar-refractivity contribution in [3.05, 3.63) is 0 Å². The molecule has 0 rings (SSSR count). The number of ether oxygens (including phenoxy) is 1. The maximum atomic E-state index is 11.6. The molecule has 0 aromatic carbocycles. The molecule has 2 nitrogen and oxygen atoms in total. The van der Waals surface area contributed by atoms with Gasteiger partial charge >= 0.3 is 5.97 Å². The Morgan fingerprint density at radius 1 is 1.12 bits per heavy atom. The second kappa shape index (κ2) is 8.54. The van der Waals surface area contributed by atoms with Crippen LogP contribution in [0.2, 0.25) is 0 Å². The van der Waals surface area contributed by atoms with Crippen molar-refractivity contribution in [3.63, 3.8) is 0 Å². The van der Waals surface area contributed by atoms with Gasteiger partial charge in [-0.3, -0.25) is 4.79 Å². The number of rotatable bonds is 8. The third-order valence-electron chi connectivity index (χ3n) is 2.72. The summed E-state index contributed by atoms with van der Waals surface area (Å²) in [5.74, 6) is -0.0569. The maximum absolute atomic E-state index is 11.6. The van der Waals surface area contributed by atoms with E-state index in [9.17, 15) is 4.79 Å². The molecule has 0 bridgehead atoms. The number of carbonyl (C=O) groups is 1. The highest BCUT2D eigenvalue weighted by molar-refractivity contribution is 5.70. The predicted molar refractivity (Wildman–Crippen MR) is 73.0 cm³/mol. The predicted octanol–water partition coefficient (Wildman–Crippen LogP) is 4.71. The Morgan fingerprint density at radius 2 is 1.71 bits per heavy atom. The van der Waals surface area contributed by atoms with Gasteiger partial charge in [-0.25, -0.2) is 0 Å². The van der Waals surface area contributed by atoms with Crippen molar-refractivity contribution in [2.75, 3.05) is 0 Å². The van der Waals surface area contributed by atoms with Gasteiger partial charge in [0.15, 0.2) is 0 Å². The first-order valence-corrected chi connectivity index (χ1v) is 7.04. The van der Waals surface area contributed by atoms with E-state index >= 15 is 0 Å². The zero-order valence-corrected chi connectivity index (χ0v) is 12.3. The van der Waals surface area contributed by atoms with Gasteiger partial charge in [-0.15, -0.1) is 0 Å². The summed E-state index contributed by atoms with van der Waals surface area (Å²) in [5, 5.41) is 0. The largest absolute Gasteiger partial charge is 0.463 e. The highest BCUT2D eigenvalue weighted by Gasteiger charge is 2.18.